The lowest BCUT2D eigenvalue weighted by atomic mass is 9.94. The summed E-state index contributed by atoms with van der Waals surface area (Å²) >= 11 is 0. The molecule has 0 aromatic rings. The van der Waals surface area contributed by atoms with Gasteiger partial charge in [-0.15, -0.1) is 0 Å². The smallest absolute Gasteiger partial charge is 0.0121 e. The van der Waals surface area contributed by atoms with Crippen LogP contribution in [0, 0.1) is 5.41 Å². The molecule has 0 spiro atoms. The van der Waals surface area contributed by atoms with Crippen LogP contribution in [-0.4, -0.2) is 73.1 Å². The predicted octanol–water partition coefficient (Wildman–Crippen LogP) is 3.94. The minimum Gasteiger partial charge on any atom is -0.303 e. The molecule has 23 heavy (non-hydrogen) atoms. The van der Waals surface area contributed by atoms with Crippen LogP contribution >= 0.6 is 0 Å². The molecular formula is C20H43N3. The number of unbranched alkanes of at least 4 members (excludes halogenated alkanes) is 1. The van der Waals surface area contributed by atoms with E-state index in [9.17, 15) is 0 Å². The lowest BCUT2D eigenvalue weighted by molar-refractivity contribution is 0.0508. The fraction of sp³-hybridized carbons (Fsp3) is 1.00. The highest BCUT2D eigenvalue weighted by Gasteiger charge is 2.28. The molecule has 0 atom stereocenters. The van der Waals surface area contributed by atoms with E-state index in [1.165, 1.54) is 78.0 Å². The van der Waals surface area contributed by atoms with Crippen molar-refractivity contribution in [2.45, 2.75) is 73.3 Å². The number of piperazine rings is 1. The molecule has 138 valence electrons. The number of hydrogen-bond acceptors (Lipinski definition) is 3. The molecule has 3 nitrogen and oxygen atoms in total. The summed E-state index contributed by atoms with van der Waals surface area (Å²) in [5, 5.41) is 0. The largest absolute Gasteiger partial charge is 0.303 e. The minimum absolute atomic E-state index is 0.442. The zero-order valence-electron chi connectivity index (χ0n) is 16.9. The van der Waals surface area contributed by atoms with Crippen LogP contribution in [0.25, 0.3) is 0 Å². The highest BCUT2D eigenvalue weighted by molar-refractivity contribution is 4.84. The zero-order chi connectivity index (χ0) is 17.3. The predicted molar refractivity (Wildman–Crippen MR) is 103 cm³/mol. The maximum absolute atomic E-state index is 2.77. The lowest BCUT2D eigenvalue weighted by Gasteiger charge is -2.43. The molecule has 2 rings (SSSR count). The fourth-order valence-electron chi connectivity index (χ4n) is 3.85. The molecule has 3 heteroatoms. The van der Waals surface area contributed by atoms with Gasteiger partial charge in [-0.25, -0.2) is 0 Å². The standard InChI is InChI=1S/C18H37N3.C2H6/c1-5-6-9-19-12-14-21(15-13-19)17-7-10-20(11-8-17)16-18(2,3)4;1-2/h17H,5-16H2,1-4H3;1-2H3. The van der Waals surface area contributed by atoms with E-state index in [0.717, 1.165) is 6.04 Å². The van der Waals surface area contributed by atoms with E-state index in [4.69, 9.17) is 0 Å². The molecule has 0 amide bonds. The summed E-state index contributed by atoms with van der Waals surface area (Å²) in [5.74, 6) is 0. The van der Waals surface area contributed by atoms with Crippen molar-refractivity contribution in [3.8, 4) is 0 Å². The Bertz CT molecular complexity index is 282. The first-order valence-corrected chi connectivity index (χ1v) is 10.2. The Morgan fingerprint density at radius 3 is 1.87 bits per heavy atom. The molecule has 2 aliphatic rings. The van der Waals surface area contributed by atoms with Gasteiger partial charge in [-0.1, -0.05) is 48.0 Å². The lowest BCUT2D eigenvalue weighted by Crippen LogP contribution is -2.53. The van der Waals surface area contributed by atoms with Crippen LogP contribution in [0.15, 0.2) is 0 Å². The molecule has 0 aromatic heterocycles. The molecule has 2 heterocycles. The van der Waals surface area contributed by atoms with Crippen LogP contribution in [0.2, 0.25) is 0 Å². The normalized spacial score (nSPS) is 22.7. The van der Waals surface area contributed by atoms with Gasteiger partial charge in [0.05, 0.1) is 0 Å². The average Bonchev–Trinajstić information content (AvgIpc) is 2.55. The van der Waals surface area contributed by atoms with Gasteiger partial charge in [0, 0.05) is 38.8 Å². The molecule has 2 saturated heterocycles. The number of hydrogen-bond donors (Lipinski definition) is 0. The monoisotopic (exact) mass is 325 g/mol. The first-order chi connectivity index (χ1) is 11.0. The van der Waals surface area contributed by atoms with E-state index in [1.807, 2.05) is 13.8 Å². The molecule has 0 unspecified atom stereocenters. The van der Waals surface area contributed by atoms with Crippen LogP contribution in [-0.2, 0) is 0 Å². The van der Waals surface area contributed by atoms with Crippen molar-refractivity contribution in [2.75, 3.05) is 52.4 Å². The van der Waals surface area contributed by atoms with Crippen LogP contribution in [0.4, 0.5) is 0 Å². The molecule has 0 N–H and O–H groups in total. The van der Waals surface area contributed by atoms with Gasteiger partial charge in [0.25, 0.3) is 0 Å². The fourth-order valence-corrected chi connectivity index (χ4v) is 3.85. The summed E-state index contributed by atoms with van der Waals surface area (Å²) in [6.07, 6.45) is 5.45. The molecular weight excluding hydrogens is 282 g/mol. The van der Waals surface area contributed by atoms with Crippen molar-refractivity contribution < 1.29 is 0 Å². The quantitative estimate of drug-likeness (QED) is 0.758. The van der Waals surface area contributed by atoms with Crippen LogP contribution < -0.4 is 0 Å². The van der Waals surface area contributed by atoms with Gasteiger partial charge in [0.1, 0.15) is 0 Å². The van der Waals surface area contributed by atoms with E-state index in [0.29, 0.717) is 5.41 Å². The average molecular weight is 326 g/mol. The van der Waals surface area contributed by atoms with Gasteiger partial charge in [0.15, 0.2) is 0 Å². The highest BCUT2D eigenvalue weighted by atomic mass is 15.3. The molecule has 2 fully saturated rings. The second kappa shape index (κ2) is 10.7. The second-order valence-corrected chi connectivity index (χ2v) is 8.30. The van der Waals surface area contributed by atoms with Crippen LogP contribution in [0.3, 0.4) is 0 Å². The van der Waals surface area contributed by atoms with Crippen molar-refractivity contribution in [1.82, 2.24) is 14.7 Å². The van der Waals surface area contributed by atoms with E-state index < -0.39 is 0 Å². The maximum atomic E-state index is 2.77. The van der Waals surface area contributed by atoms with Gasteiger partial charge in [-0.3, -0.25) is 4.90 Å². The Kier molecular flexibility index (Phi) is 9.72. The van der Waals surface area contributed by atoms with Crippen molar-refractivity contribution in [3.05, 3.63) is 0 Å². The minimum atomic E-state index is 0.442. The Balaban J connectivity index is 0.00000127. The zero-order valence-corrected chi connectivity index (χ0v) is 16.9. The maximum Gasteiger partial charge on any atom is 0.0121 e. The first kappa shape index (κ1) is 20.9. The summed E-state index contributed by atoms with van der Waals surface area (Å²) < 4.78 is 0. The third-order valence-electron chi connectivity index (χ3n) is 5.01. The number of likely N-dealkylation sites (tertiary alicyclic amines) is 1. The summed E-state index contributed by atoms with van der Waals surface area (Å²) in [6.45, 7) is 23.7. The Morgan fingerprint density at radius 1 is 0.826 bits per heavy atom. The summed E-state index contributed by atoms with van der Waals surface area (Å²) in [5.41, 5.74) is 0.442. The highest BCUT2D eigenvalue weighted by Crippen LogP contribution is 2.22. The Hall–Kier alpha value is -0.120. The van der Waals surface area contributed by atoms with Gasteiger partial charge >= 0.3 is 0 Å². The Labute approximate surface area is 146 Å². The molecule has 2 aliphatic heterocycles. The van der Waals surface area contributed by atoms with Gasteiger partial charge in [0.2, 0.25) is 0 Å². The van der Waals surface area contributed by atoms with Crippen LogP contribution in [0.5, 0.6) is 0 Å². The number of nitrogens with zero attached hydrogens (tertiary/aromatic N) is 3. The number of piperidine rings is 1. The molecule has 0 bridgehead atoms. The summed E-state index contributed by atoms with van der Waals surface area (Å²) in [4.78, 5) is 8.11. The third-order valence-corrected chi connectivity index (χ3v) is 5.01. The van der Waals surface area contributed by atoms with Crippen molar-refractivity contribution in [1.29, 1.82) is 0 Å². The van der Waals surface area contributed by atoms with Gasteiger partial charge in [-0.05, 0) is 44.3 Å². The van der Waals surface area contributed by atoms with Crippen molar-refractivity contribution in [3.63, 3.8) is 0 Å². The molecule has 0 aliphatic carbocycles. The SMILES string of the molecule is CC.CCCCN1CCN(C2CCN(CC(C)(C)C)CC2)CC1. The second-order valence-electron chi connectivity index (χ2n) is 8.30. The summed E-state index contributed by atoms with van der Waals surface area (Å²) in [7, 11) is 0. The van der Waals surface area contributed by atoms with Gasteiger partial charge in [-0.2, -0.15) is 0 Å². The van der Waals surface area contributed by atoms with E-state index >= 15 is 0 Å². The molecule has 0 radical (unpaired) electrons. The van der Waals surface area contributed by atoms with E-state index in [2.05, 4.69) is 42.4 Å². The van der Waals surface area contributed by atoms with Crippen LogP contribution in [0.1, 0.15) is 67.2 Å². The number of rotatable bonds is 5. The topological polar surface area (TPSA) is 9.72 Å². The van der Waals surface area contributed by atoms with Crippen molar-refractivity contribution in [2.24, 2.45) is 5.41 Å². The van der Waals surface area contributed by atoms with E-state index in [1.54, 1.807) is 0 Å². The summed E-state index contributed by atoms with van der Waals surface area (Å²) in [6, 6.07) is 0.856. The van der Waals surface area contributed by atoms with E-state index in [-0.39, 0.29) is 0 Å². The Morgan fingerprint density at radius 2 is 1.39 bits per heavy atom. The molecule has 0 saturated carbocycles. The first-order valence-electron chi connectivity index (χ1n) is 10.2. The third kappa shape index (κ3) is 8.00. The van der Waals surface area contributed by atoms with Gasteiger partial charge < -0.3 is 9.80 Å². The van der Waals surface area contributed by atoms with Crippen molar-refractivity contribution >= 4 is 0 Å². The molecule has 0 aromatic carbocycles.